The summed E-state index contributed by atoms with van der Waals surface area (Å²) in [7, 11) is 0. The highest BCUT2D eigenvalue weighted by molar-refractivity contribution is 4.90. The lowest BCUT2D eigenvalue weighted by Gasteiger charge is -2.29. The SMILES string of the molecule is CC(C)C(F)(CN)C(F)(F)F. The summed E-state index contributed by atoms with van der Waals surface area (Å²) >= 11 is 0. The average Bonchev–Trinajstić information content (AvgIpc) is 1.83. The maximum absolute atomic E-state index is 12.9. The van der Waals surface area contributed by atoms with E-state index in [1.165, 1.54) is 0 Å². The van der Waals surface area contributed by atoms with E-state index >= 15 is 0 Å². The zero-order chi connectivity index (χ0) is 9.28. The van der Waals surface area contributed by atoms with Gasteiger partial charge in [0.15, 0.2) is 0 Å². The molecule has 0 aromatic carbocycles. The van der Waals surface area contributed by atoms with Crippen LogP contribution >= 0.6 is 0 Å². The lowest BCUT2D eigenvalue weighted by Crippen LogP contribution is -2.51. The Morgan fingerprint density at radius 2 is 1.55 bits per heavy atom. The molecule has 0 saturated carbocycles. The van der Waals surface area contributed by atoms with Crippen LogP contribution in [0.25, 0.3) is 0 Å². The van der Waals surface area contributed by atoms with Gasteiger partial charge in [0.05, 0.1) is 0 Å². The minimum Gasteiger partial charge on any atom is -0.327 e. The normalized spacial score (nSPS) is 18.5. The van der Waals surface area contributed by atoms with Crippen LogP contribution < -0.4 is 5.73 Å². The van der Waals surface area contributed by atoms with Crippen molar-refractivity contribution in [3.05, 3.63) is 0 Å². The van der Waals surface area contributed by atoms with Gasteiger partial charge in [0.25, 0.3) is 0 Å². The van der Waals surface area contributed by atoms with E-state index < -0.39 is 24.3 Å². The summed E-state index contributed by atoms with van der Waals surface area (Å²) in [5.74, 6) is -1.15. The Kier molecular flexibility index (Phi) is 2.88. The first-order chi connectivity index (χ1) is 4.75. The predicted molar refractivity (Wildman–Crippen MR) is 33.8 cm³/mol. The monoisotopic (exact) mass is 173 g/mol. The van der Waals surface area contributed by atoms with Crippen LogP contribution in [0.15, 0.2) is 0 Å². The van der Waals surface area contributed by atoms with Crippen LogP contribution in [-0.2, 0) is 0 Å². The Labute approximate surface area is 62.6 Å². The molecule has 11 heavy (non-hydrogen) atoms. The summed E-state index contributed by atoms with van der Waals surface area (Å²) in [4.78, 5) is 0. The number of rotatable bonds is 2. The molecule has 1 unspecified atom stereocenters. The van der Waals surface area contributed by atoms with E-state index in [1.54, 1.807) is 0 Å². The van der Waals surface area contributed by atoms with Gasteiger partial charge in [-0.1, -0.05) is 13.8 Å². The number of hydrogen-bond donors (Lipinski definition) is 1. The molecule has 2 N–H and O–H groups in total. The second kappa shape index (κ2) is 2.97. The van der Waals surface area contributed by atoms with E-state index in [-0.39, 0.29) is 0 Å². The maximum Gasteiger partial charge on any atom is 0.423 e. The summed E-state index contributed by atoms with van der Waals surface area (Å²) < 4.78 is 48.6. The number of alkyl halides is 4. The Hall–Kier alpha value is -0.320. The largest absolute Gasteiger partial charge is 0.423 e. The van der Waals surface area contributed by atoms with Crippen LogP contribution in [-0.4, -0.2) is 18.4 Å². The Balaban J connectivity index is 4.61. The van der Waals surface area contributed by atoms with Gasteiger partial charge in [-0.3, -0.25) is 0 Å². The van der Waals surface area contributed by atoms with Gasteiger partial charge in [-0.2, -0.15) is 13.2 Å². The van der Waals surface area contributed by atoms with E-state index in [0.717, 1.165) is 13.8 Å². The molecule has 0 heterocycles. The molecule has 0 spiro atoms. The van der Waals surface area contributed by atoms with Gasteiger partial charge in [0.1, 0.15) is 0 Å². The van der Waals surface area contributed by atoms with Crippen molar-refractivity contribution in [1.29, 1.82) is 0 Å². The zero-order valence-electron chi connectivity index (χ0n) is 6.37. The molecule has 1 atom stereocenters. The fourth-order valence-electron chi connectivity index (χ4n) is 0.679. The van der Waals surface area contributed by atoms with Gasteiger partial charge in [-0.05, 0) is 5.92 Å². The predicted octanol–water partition coefficient (Wildman–Crippen LogP) is 1.87. The van der Waals surface area contributed by atoms with Crippen molar-refractivity contribution in [3.8, 4) is 0 Å². The standard InChI is InChI=1S/C6H11F4N/c1-4(2)5(7,3-11)6(8,9)10/h4H,3,11H2,1-2H3. The van der Waals surface area contributed by atoms with Crippen LogP contribution in [0.1, 0.15) is 13.8 Å². The third-order valence-electron chi connectivity index (χ3n) is 1.68. The van der Waals surface area contributed by atoms with E-state index in [0.29, 0.717) is 0 Å². The summed E-state index contributed by atoms with van der Waals surface area (Å²) in [6.07, 6.45) is -4.87. The van der Waals surface area contributed by atoms with Crippen molar-refractivity contribution >= 4 is 0 Å². The first-order valence-corrected chi connectivity index (χ1v) is 3.21. The second-order valence-electron chi connectivity index (χ2n) is 2.72. The van der Waals surface area contributed by atoms with Crippen molar-refractivity contribution in [1.82, 2.24) is 0 Å². The van der Waals surface area contributed by atoms with Crippen molar-refractivity contribution < 1.29 is 17.6 Å². The summed E-state index contributed by atoms with van der Waals surface area (Å²) in [5, 5.41) is 0. The highest BCUT2D eigenvalue weighted by Gasteiger charge is 2.56. The minimum absolute atomic E-state index is 1.02. The van der Waals surface area contributed by atoms with Crippen LogP contribution in [0.5, 0.6) is 0 Å². The molecule has 0 rings (SSSR count). The van der Waals surface area contributed by atoms with Gasteiger partial charge >= 0.3 is 6.18 Å². The van der Waals surface area contributed by atoms with Crippen LogP contribution in [0.3, 0.4) is 0 Å². The van der Waals surface area contributed by atoms with Gasteiger partial charge < -0.3 is 5.73 Å². The van der Waals surface area contributed by atoms with E-state index in [4.69, 9.17) is 5.73 Å². The molecule has 0 aliphatic rings. The van der Waals surface area contributed by atoms with Crippen LogP contribution in [0.2, 0.25) is 0 Å². The number of halogens is 4. The highest BCUT2D eigenvalue weighted by Crippen LogP contribution is 2.38. The van der Waals surface area contributed by atoms with Gasteiger partial charge in [-0.25, -0.2) is 4.39 Å². The average molecular weight is 173 g/mol. The molecular formula is C6H11F4N. The quantitative estimate of drug-likeness (QED) is 0.634. The van der Waals surface area contributed by atoms with E-state index in [2.05, 4.69) is 0 Å². The smallest absolute Gasteiger partial charge is 0.327 e. The maximum atomic E-state index is 12.9. The first kappa shape index (κ1) is 10.7. The number of hydrogen-bond acceptors (Lipinski definition) is 1. The third kappa shape index (κ3) is 1.83. The van der Waals surface area contributed by atoms with E-state index in [9.17, 15) is 17.6 Å². The second-order valence-corrected chi connectivity index (χ2v) is 2.72. The number of nitrogens with two attached hydrogens (primary N) is 1. The first-order valence-electron chi connectivity index (χ1n) is 3.21. The van der Waals surface area contributed by atoms with Gasteiger partial charge in [0.2, 0.25) is 5.67 Å². The lowest BCUT2D eigenvalue weighted by molar-refractivity contribution is -0.240. The summed E-state index contributed by atoms with van der Waals surface area (Å²) in [6, 6.07) is 0. The molecule has 0 aliphatic carbocycles. The molecule has 1 nitrogen and oxygen atoms in total. The highest BCUT2D eigenvalue weighted by atomic mass is 19.4. The molecule has 0 bridgehead atoms. The Bertz CT molecular complexity index is 131. The molecular weight excluding hydrogens is 162 g/mol. The van der Waals surface area contributed by atoms with Crippen LogP contribution in [0.4, 0.5) is 17.6 Å². The molecule has 0 radical (unpaired) electrons. The lowest BCUT2D eigenvalue weighted by atomic mass is 9.92. The molecule has 5 heteroatoms. The third-order valence-corrected chi connectivity index (χ3v) is 1.68. The topological polar surface area (TPSA) is 26.0 Å². The molecule has 0 aromatic rings. The molecule has 0 aromatic heterocycles. The molecule has 0 fully saturated rings. The van der Waals surface area contributed by atoms with E-state index in [1.807, 2.05) is 0 Å². The Morgan fingerprint density at radius 3 is 1.55 bits per heavy atom. The van der Waals surface area contributed by atoms with Crippen molar-refractivity contribution in [3.63, 3.8) is 0 Å². The fraction of sp³-hybridized carbons (Fsp3) is 1.00. The van der Waals surface area contributed by atoms with Gasteiger partial charge in [-0.15, -0.1) is 0 Å². The van der Waals surface area contributed by atoms with Crippen molar-refractivity contribution in [2.24, 2.45) is 11.7 Å². The molecule has 0 aliphatic heterocycles. The Morgan fingerprint density at radius 1 is 1.18 bits per heavy atom. The van der Waals surface area contributed by atoms with Crippen LogP contribution in [0, 0.1) is 5.92 Å². The molecule has 0 amide bonds. The molecule has 68 valence electrons. The summed E-state index contributed by atoms with van der Waals surface area (Å²) in [6.45, 7) is 1.29. The zero-order valence-corrected chi connectivity index (χ0v) is 6.37. The van der Waals surface area contributed by atoms with Crippen molar-refractivity contribution in [2.45, 2.75) is 25.7 Å². The van der Waals surface area contributed by atoms with Crippen molar-refractivity contribution in [2.75, 3.05) is 6.54 Å². The van der Waals surface area contributed by atoms with Gasteiger partial charge in [0, 0.05) is 6.54 Å². The fourth-order valence-corrected chi connectivity index (χ4v) is 0.679. The minimum atomic E-state index is -4.87. The molecule has 0 saturated heterocycles. The summed E-state index contributed by atoms with van der Waals surface area (Å²) in [5.41, 5.74) is 1.46.